The molecule has 0 aliphatic rings. The lowest BCUT2D eigenvalue weighted by molar-refractivity contribution is 0.668. The van der Waals surface area contributed by atoms with Crippen molar-refractivity contribution in [3.63, 3.8) is 0 Å². The molecule has 0 spiro atoms. The molecule has 0 unspecified atom stereocenters. The molecule has 0 fully saturated rings. The van der Waals surface area contributed by atoms with E-state index in [1.165, 1.54) is 32.7 Å². The Labute approximate surface area is 231 Å². The predicted octanol–water partition coefficient (Wildman–Crippen LogP) is 10.4. The third-order valence-corrected chi connectivity index (χ3v) is 7.70. The Hall–Kier alpha value is -5.41. The summed E-state index contributed by atoms with van der Waals surface area (Å²) in [6.07, 6.45) is 1.94. The standard InChI is InChI=1S/C37H24N2O/c1-2-10-25(11-3-1)26-18-20-28(21-19-26)39(37-23-36-33(24-38-37)32-16-8-9-17-35(32)40-36)34-22-27-12-4-5-13-29(27)30-14-6-7-15-31(30)34/h1-24H. The quantitative estimate of drug-likeness (QED) is 0.220. The summed E-state index contributed by atoms with van der Waals surface area (Å²) in [4.78, 5) is 7.26. The van der Waals surface area contributed by atoms with Gasteiger partial charge in [0.1, 0.15) is 17.0 Å². The van der Waals surface area contributed by atoms with E-state index in [9.17, 15) is 0 Å². The van der Waals surface area contributed by atoms with E-state index in [2.05, 4.69) is 120 Å². The van der Waals surface area contributed by atoms with Crippen molar-refractivity contribution in [1.29, 1.82) is 0 Å². The summed E-state index contributed by atoms with van der Waals surface area (Å²) in [5.41, 5.74) is 6.16. The van der Waals surface area contributed by atoms with Gasteiger partial charge in [0, 0.05) is 34.1 Å². The van der Waals surface area contributed by atoms with Gasteiger partial charge in [0.05, 0.1) is 5.69 Å². The Morgan fingerprint density at radius 3 is 1.95 bits per heavy atom. The average molecular weight is 513 g/mol. The van der Waals surface area contributed by atoms with Gasteiger partial charge in [-0.1, -0.05) is 109 Å². The fourth-order valence-corrected chi connectivity index (χ4v) is 5.78. The minimum atomic E-state index is 0.805. The van der Waals surface area contributed by atoms with Gasteiger partial charge in [0.25, 0.3) is 0 Å². The van der Waals surface area contributed by atoms with Gasteiger partial charge in [-0.3, -0.25) is 4.90 Å². The largest absolute Gasteiger partial charge is 0.456 e. The zero-order valence-corrected chi connectivity index (χ0v) is 21.7. The van der Waals surface area contributed by atoms with Crippen LogP contribution in [0.5, 0.6) is 0 Å². The summed E-state index contributed by atoms with van der Waals surface area (Å²) < 4.78 is 6.28. The van der Waals surface area contributed by atoms with Crippen LogP contribution in [-0.2, 0) is 0 Å². The number of pyridine rings is 1. The number of para-hydroxylation sites is 1. The summed E-state index contributed by atoms with van der Waals surface area (Å²) in [5, 5.41) is 6.90. The van der Waals surface area contributed by atoms with Crippen LogP contribution in [0.15, 0.2) is 150 Å². The molecule has 6 aromatic carbocycles. The number of nitrogens with zero attached hydrogens (tertiary/aromatic N) is 2. The molecule has 0 saturated heterocycles. The van der Waals surface area contributed by atoms with Crippen LogP contribution in [0, 0.1) is 0 Å². The summed E-state index contributed by atoms with van der Waals surface area (Å²) in [6.45, 7) is 0. The molecule has 8 aromatic rings. The van der Waals surface area contributed by atoms with Crippen molar-refractivity contribution in [2.75, 3.05) is 4.90 Å². The number of hydrogen-bond donors (Lipinski definition) is 0. The van der Waals surface area contributed by atoms with Gasteiger partial charge in [-0.15, -0.1) is 0 Å². The second-order valence-electron chi connectivity index (χ2n) is 10.0. The van der Waals surface area contributed by atoms with Gasteiger partial charge in [0.15, 0.2) is 0 Å². The molecule has 0 amide bonds. The van der Waals surface area contributed by atoms with Gasteiger partial charge >= 0.3 is 0 Å². The SMILES string of the molecule is c1ccc(-c2ccc(N(c3cc4oc5ccccc5c4cn3)c3cc4ccccc4c4ccccc34)cc2)cc1. The molecule has 0 aliphatic heterocycles. The Balaban J connectivity index is 1.38. The molecule has 2 heterocycles. The molecular formula is C37H24N2O. The van der Waals surface area contributed by atoms with Crippen molar-refractivity contribution >= 4 is 60.7 Å². The van der Waals surface area contributed by atoms with Crippen molar-refractivity contribution in [2.45, 2.75) is 0 Å². The van der Waals surface area contributed by atoms with Gasteiger partial charge in [0.2, 0.25) is 0 Å². The van der Waals surface area contributed by atoms with Crippen molar-refractivity contribution in [3.05, 3.63) is 146 Å². The smallest absolute Gasteiger partial charge is 0.141 e. The summed E-state index contributed by atoms with van der Waals surface area (Å²) >= 11 is 0. The van der Waals surface area contributed by atoms with Crippen LogP contribution in [0.3, 0.4) is 0 Å². The molecule has 0 bridgehead atoms. The first kappa shape index (κ1) is 22.6. The molecule has 8 rings (SSSR count). The number of anilines is 3. The monoisotopic (exact) mass is 512 g/mol. The molecule has 0 aliphatic carbocycles. The van der Waals surface area contributed by atoms with E-state index in [1.807, 2.05) is 30.5 Å². The molecule has 3 nitrogen and oxygen atoms in total. The van der Waals surface area contributed by atoms with Crippen LogP contribution in [0.25, 0.3) is 54.6 Å². The lowest BCUT2D eigenvalue weighted by Crippen LogP contribution is -2.12. The van der Waals surface area contributed by atoms with Crippen molar-refractivity contribution in [2.24, 2.45) is 0 Å². The predicted molar refractivity (Wildman–Crippen MR) is 167 cm³/mol. The Morgan fingerprint density at radius 1 is 0.475 bits per heavy atom. The summed E-state index contributed by atoms with van der Waals surface area (Å²) in [5.74, 6) is 0.805. The highest BCUT2D eigenvalue weighted by molar-refractivity contribution is 6.14. The number of rotatable bonds is 4. The van der Waals surface area contributed by atoms with Crippen LogP contribution < -0.4 is 4.90 Å². The Kier molecular flexibility index (Phi) is 5.14. The Bertz CT molecular complexity index is 2160. The molecule has 40 heavy (non-hydrogen) atoms. The maximum Gasteiger partial charge on any atom is 0.141 e. The average Bonchev–Trinajstić information content (AvgIpc) is 3.40. The molecule has 0 atom stereocenters. The fraction of sp³-hybridized carbons (Fsp3) is 0. The summed E-state index contributed by atoms with van der Waals surface area (Å²) in [6, 6.07) is 48.8. The normalized spacial score (nSPS) is 11.5. The maximum absolute atomic E-state index is 6.28. The van der Waals surface area contributed by atoms with E-state index in [4.69, 9.17) is 9.40 Å². The number of hydrogen-bond acceptors (Lipinski definition) is 3. The Morgan fingerprint density at radius 2 is 1.12 bits per heavy atom. The third kappa shape index (κ3) is 3.63. The van der Waals surface area contributed by atoms with Gasteiger partial charge in [-0.2, -0.15) is 0 Å². The zero-order valence-electron chi connectivity index (χ0n) is 21.7. The first-order chi connectivity index (χ1) is 19.8. The third-order valence-electron chi connectivity index (χ3n) is 7.70. The number of fused-ring (bicyclic) bond motifs is 6. The van der Waals surface area contributed by atoms with Gasteiger partial charge in [-0.05, 0) is 51.6 Å². The van der Waals surface area contributed by atoms with Crippen molar-refractivity contribution in [3.8, 4) is 11.1 Å². The molecule has 2 aromatic heterocycles. The number of aromatic nitrogens is 1. The molecule has 188 valence electrons. The minimum absolute atomic E-state index is 0.805. The summed E-state index contributed by atoms with van der Waals surface area (Å²) in [7, 11) is 0. The van der Waals surface area contributed by atoms with E-state index in [-0.39, 0.29) is 0 Å². The van der Waals surface area contributed by atoms with E-state index in [0.29, 0.717) is 0 Å². The topological polar surface area (TPSA) is 29.3 Å². The van der Waals surface area contributed by atoms with Gasteiger partial charge < -0.3 is 4.42 Å². The first-order valence-corrected chi connectivity index (χ1v) is 13.5. The van der Waals surface area contributed by atoms with Crippen LogP contribution in [-0.4, -0.2) is 4.98 Å². The molecule has 3 heteroatoms. The maximum atomic E-state index is 6.28. The van der Waals surface area contributed by atoms with Crippen LogP contribution in [0.4, 0.5) is 17.2 Å². The van der Waals surface area contributed by atoms with Crippen LogP contribution in [0.2, 0.25) is 0 Å². The molecular weight excluding hydrogens is 488 g/mol. The molecule has 0 saturated carbocycles. The number of benzene rings is 6. The van der Waals surface area contributed by atoms with E-state index < -0.39 is 0 Å². The van der Waals surface area contributed by atoms with Crippen LogP contribution in [0.1, 0.15) is 0 Å². The van der Waals surface area contributed by atoms with Crippen LogP contribution >= 0.6 is 0 Å². The molecule has 0 N–H and O–H groups in total. The number of furan rings is 1. The van der Waals surface area contributed by atoms with Crippen molar-refractivity contribution in [1.82, 2.24) is 4.98 Å². The van der Waals surface area contributed by atoms with Gasteiger partial charge in [-0.25, -0.2) is 4.98 Å². The second kappa shape index (κ2) is 9.11. The molecule has 0 radical (unpaired) electrons. The highest BCUT2D eigenvalue weighted by Gasteiger charge is 2.20. The second-order valence-corrected chi connectivity index (χ2v) is 10.0. The van der Waals surface area contributed by atoms with Crippen molar-refractivity contribution < 1.29 is 4.42 Å². The highest BCUT2D eigenvalue weighted by atomic mass is 16.3. The van der Waals surface area contributed by atoms with E-state index in [1.54, 1.807) is 0 Å². The lowest BCUT2D eigenvalue weighted by atomic mass is 9.99. The fourth-order valence-electron chi connectivity index (χ4n) is 5.78. The highest BCUT2D eigenvalue weighted by Crippen LogP contribution is 2.42. The lowest BCUT2D eigenvalue weighted by Gasteiger charge is -2.26. The van der Waals surface area contributed by atoms with E-state index in [0.717, 1.165) is 39.1 Å². The van der Waals surface area contributed by atoms with E-state index >= 15 is 0 Å². The zero-order chi connectivity index (χ0) is 26.5. The minimum Gasteiger partial charge on any atom is -0.456 e. The first-order valence-electron chi connectivity index (χ1n) is 13.5.